The molecule has 1 saturated carbocycles. The summed E-state index contributed by atoms with van der Waals surface area (Å²) < 4.78 is 0. The van der Waals surface area contributed by atoms with Crippen LogP contribution in [0.1, 0.15) is 56.7 Å². The van der Waals surface area contributed by atoms with Crippen LogP contribution in [0.2, 0.25) is 0 Å². The fourth-order valence-electron chi connectivity index (χ4n) is 3.14. The molecule has 18 heavy (non-hydrogen) atoms. The van der Waals surface area contributed by atoms with Gasteiger partial charge in [0.2, 0.25) is 0 Å². The molecule has 0 bridgehead atoms. The molecule has 2 rings (SSSR count). The third kappa shape index (κ3) is 4.74. The van der Waals surface area contributed by atoms with E-state index in [9.17, 15) is 0 Å². The summed E-state index contributed by atoms with van der Waals surface area (Å²) in [6, 6.07) is 5.17. The molecule has 1 aromatic rings. The van der Waals surface area contributed by atoms with E-state index in [2.05, 4.69) is 29.8 Å². The van der Waals surface area contributed by atoms with E-state index in [1.54, 1.807) is 4.88 Å². The summed E-state index contributed by atoms with van der Waals surface area (Å²) in [7, 11) is 0. The number of rotatable bonds is 8. The summed E-state index contributed by atoms with van der Waals surface area (Å²) in [6.45, 7) is 3.34. The molecule has 1 unspecified atom stereocenters. The van der Waals surface area contributed by atoms with E-state index in [1.165, 1.54) is 51.4 Å². The normalized spacial score (nSPS) is 18.3. The third-order valence-electron chi connectivity index (χ3n) is 4.21. The van der Waals surface area contributed by atoms with Gasteiger partial charge in [-0.3, -0.25) is 0 Å². The molecule has 1 aromatic heterocycles. The molecule has 1 aliphatic carbocycles. The fraction of sp³-hybridized carbons (Fsp3) is 0.750. The van der Waals surface area contributed by atoms with Gasteiger partial charge in [0.1, 0.15) is 0 Å². The molecule has 2 heteroatoms. The highest BCUT2D eigenvalue weighted by Crippen LogP contribution is 2.29. The lowest BCUT2D eigenvalue weighted by Crippen LogP contribution is -2.29. The molecule has 1 aliphatic rings. The van der Waals surface area contributed by atoms with Crippen LogP contribution in [0, 0.1) is 5.92 Å². The van der Waals surface area contributed by atoms with Crippen molar-refractivity contribution >= 4 is 11.3 Å². The standard InChI is InChI=1S/C16H27NS/c1-2-17-15(10-9-14-6-3-4-7-14)11-12-16-8-5-13-18-16/h5,8,13-15,17H,2-4,6-7,9-12H2,1H3. The summed E-state index contributed by atoms with van der Waals surface area (Å²) in [4.78, 5) is 1.54. The zero-order chi connectivity index (χ0) is 12.6. The predicted molar refractivity (Wildman–Crippen MR) is 81.3 cm³/mol. The van der Waals surface area contributed by atoms with Crippen LogP contribution < -0.4 is 5.32 Å². The average Bonchev–Trinajstić information content (AvgIpc) is 3.05. The van der Waals surface area contributed by atoms with E-state index < -0.39 is 0 Å². The highest BCUT2D eigenvalue weighted by atomic mass is 32.1. The van der Waals surface area contributed by atoms with Gasteiger partial charge in [0.15, 0.2) is 0 Å². The van der Waals surface area contributed by atoms with Crippen LogP contribution >= 0.6 is 11.3 Å². The predicted octanol–water partition coefficient (Wildman–Crippen LogP) is 4.63. The minimum Gasteiger partial charge on any atom is -0.314 e. The molecule has 1 N–H and O–H groups in total. The first kappa shape index (κ1) is 14.1. The monoisotopic (exact) mass is 265 g/mol. The summed E-state index contributed by atoms with van der Waals surface area (Å²) in [5.41, 5.74) is 0. The second kappa shape index (κ2) is 7.96. The first-order valence-corrected chi connectivity index (χ1v) is 8.52. The molecule has 0 spiro atoms. The third-order valence-corrected chi connectivity index (χ3v) is 5.15. The maximum Gasteiger partial charge on any atom is 0.00705 e. The van der Waals surface area contributed by atoms with E-state index in [0.717, 1.165) is 18.5 Å². The van der Waals surface area contributed by atoms with Gasteiger partial charge in [0, 0.05) is 10.9 Å². The van der Waals surface area contributed by atoms with Gasteiger partial charge >= 0.3 is 0 Å². The summed E-state index contributed by atoms with van der Waals surface area (Å²) in [5.74, 6) is 1.04. The van der Waals surface area contributed by atoms with Crippen molar-refractivity contribution in [2.45, 2.75) is 64.3 Å². The number of thiophene rings is 1. The van der Waals surface area contributed by atoms with Gasteiger partial charge in [0.25, 0.3) is 0 Å². The molecule has 1 heterocycles. The van der Waals surface area contributed by atoms with Crippen LogP contribution in [-0.4, -0.2) is 12.6 Å². The first-order chi connectivity index (χ1) is 8.88. The van der Waals surface area contributed by atoms with E-state index >= 15 is 0 Å². The molecule has 102 valence electrons. The molecule has 0 saturated heterocycles. The van der Waals surface area contributed by atoms with Crippen LogP contribution in [-0.2, 0) is 6.42 Å². The zero-order valence-electron chi connectivity index (χ0n) is 11.7. The van der Waals surface area contributed by atoms with Crippen molar-refractivity contribution in [2.75, 3.05) is 6.54 Å². The lowest BCUT2D eigenvalue weighted by molar-refractivity contribution is 0.395. The van der Waals surface area contributed by atoms with Crippen LogP contribution in [0.5, 0.6) is 0 Å². The Labute approximate surface area is 116 Å². The number of aryl methyl sites for hydroxylation is 1. The smallest absolute Gasteiger partial charge is 0.00705 e. The Morgan fingerprint density at radius 3 is 2.83 bits per heavy atom. The highest BCUT2D eigenvalue weighted by Gasteiger charge is 2.17. The SMILES string of the molecule is CCNC(CCc1cccs1)CCC1CCCC1. The minimum absolute atomic E-state index is 0.734. The highest BCUT2D eigenvalue weighted by molar-refractivity contribution is 7.09. The van der Waals surface area contributed by atoms with Crippen LogP contribution in [0.25, 0.3) is 0 Å². The average molecular weight is 265 g/mol. The van der Waals surface area contributed by atoms with Gasteiger partial charge in [-0.1, -0.05) is 38.7 Å². The van der Waals surface area contributed by atoms with Crippen molar-refractivity contribution in [1.29, 1.82) is 0 Å². The second-order valence-corrected chi connectivity index (χ2v) is 6.63. The lowest BCUT2D eigenvalue weighted by Gasteiger charge is -2.19. The zero-order valence-corrected chi connectivity index (χ0v) is 12.5. The van der Waals surface area contributed by atoms with Crippen molar-refractivity contribution in [3.8, 4) is 0 Å². The van der Waals surface area contributed by atoms with E-state index in [-0.39, 0.29) is 0 Å². The van der Waals surface area contributed by atoms with Crippen molar-refractivity contribution in [3.05, 3.63) is 22.4 Å². The van der Waals surface area contributed by atoms with Gasteiger partial charge in [-0.25, -0.2) is 0 Å². The number of hydrogen-bond acceptors (Lipinski definition) is 2. The Morgan fingerprint density at radius 2 is 2.17 bits per heavy atom. The Kier molecular flexibility index (Phi) is 6.22. The largest absolute Gasteiger partial charge is 0.314 e. The molecule has 0 aromatic carbocycles. The van der Waals surface area contributed by atoms with Crippen LogP contribution in [0.4, 0.5) is 0 Å². The molecule has 1 atom stereocenters. The fourth-order valence-corrected chi connectivity index (χ4v) is 3.87. The number of nitrogens with one attached hydrogen (secondary N) is 1. The summed E-state index contributed by atoms with van der Waals surface area (Å²) in [6.07, 6.45) is 11.3. The van der Waals surface area contributed by atoms with Crippen molar-refractivity contribution in [3.63, 3.8) is 0 Å². The van der Waals surface area contributed by atoms with Crippen molar-refractivity contribution < 1.29 is 0 Å². The van der Waals surface area contributed by atoms with Gasteiger partial charge in [0.05, 0.1) is 0 Å². The van der Waals surface area contributed by atoms with E-state index in [0.29, 0.717) is 0 Å². The Balaban J connectivity index is 1.69. The second-order valence-electron chi connectivity index (χ2n) is 5.60. The molecule has 1 fully saturated rings. The quantitative estimate of drug-likeness (QED) is 0.722. The van der Waals surface area contributed by atoms with Gasteiger partial charge < -0.3 is 5.32 Å². The van der Waals surface area contributed by atoms with Crippen LogP contribution in [0.15, 0.2) is 17.5 Å². The minimum atomic E-state index is 0.734. The Morgan fingerprint density at radius 1 is 1.33 bits per heavy atom. The molecular weight excluding hydrogens is 238 g/mol. The molecule has 0 amide bonds. The van der Waals surface area contributed by atoms with Gasteiger partial charge in [-0.15, -0.1) is 11.3 Å². The molecule has 0 radical (unpaired) electrons. The Bertz CT molecular complexity index is 301. The molecule has 1 nitrogen and oxygen atoms in total. The van der Waals surface area contributed by atoms with Gasteiger partial charge in [-0.05, 0) is 49.6 Å². The van der Waals surface area contributed by atoms with Crippen LogP contribution in [0.3, 0.4) is 0 Å². The topological polar surface area (TPSA) is 12.0 Å². The van der Waals surface area contributed by atoms with Crippen molar-refractivity contribution in [2.24, 2.45) is 5.92 Å². The Hall–Kier alpha value is -0.340. The lowest BCUT2D eigenvalue weighted by atomic mass is 9.96. The molecular formula is C16H27NS. The van der Waals surface area contributed by atoms with E-state index in [4.69, 9.17) is 0 Å². The summed E-state index contributed by atoms with van der Waals surface area (Å²) >= 11 is 1.90. The maximum absolute atomic E-state index is 3.67. The van der Waals surface area contributed by atoms with Crippen molar-refractivity contribution in [1.82, 2.24) is 5.32 Å². The maximum atomic E-state index is 3.67. The van der Waals surface area contributed by atoms with Gasteiger partial charge in [-0.2, -0.15) is 0 Å². The summed E-state index contributed by atoms with van der Waals surface area (Å²) in [5, 5.41) is 5.86. The van der Waals surface area contributed by atoms with E-state index in [1.807, 2.05) is 11.3 Å². The molecule has 0 aliphatic heterocycles. The first-order valence-electron chi connectivity index (χ1n) is 7.64. The number of hydrogen-bond donors (Lipinski definition) is 1.